The lowest BCUT2D eigenvalue weighted by Gasteiger charge is -2.15. The molecule has 1 aliphatic rings. The number of rotatable bonds is 5. The van der Waals surface area contributed by atoms with Gasteiger partial charge in [0.25, 0.3) is 5.91 Å². The summed E-state index contributed by atoms with van der Waals surface area (Å²) in [6, 6.07) is 3.51. The fraction of sp³-hybridized carbons (Fsp3) is 0.278. The summed E-state index contributed by atoms with van der Waals surface area (Å²) in [6.45, 7) is 4.49. The van der Waals surface area contributed by atoms with Crippen molar-refractivity contribution in [1.82, 2.24) is 5.32 Å². The number of carboxylic acid groups (broad SMARTS) is 1. The number of hydrogen-bond acceptors (Lipinski definition) is 4. The number of halogens is 1. The van der Waals surface area contributed by atoms with E-state index in [2.05, 4.69) is 10.6 Å². The molecule has 3 N–H and O–H groups in total. The summed E-state index contributed by atoms with van der Waals surface area (Å²) in [4.78, 5) is 38.2. The summed E-state index contributed by atoms with van der Waals surface area (Å²) in [5, 5.41) is 14.8. The van der Waals surface area contributed by atoms with Crippen LogP contribution in [-0.4, -0.2) is 36.1 Å². The Bertz CT molecular complexity index is 941. The lowest BCUT2D eigenvalue weighted by molar-refractivity contribution is 0.0697. The first-order chi connectivity index (χ1) is 12.8. The van der Waals surface area contributed by atoms with Gasteiger partial charge in [-0.25, -0.2) is 14.0 Å². The molecule has 0 atom stereocenters. The van der Waals surface area contributed by atoms with Gasteiger partial charge in [-0.1, -0.05) is 6.92 Å². The average molecular weight is 391 g/mol. The number of aryl methyl sites for hydroxylation is 1. The van der Waals surface area contributed by atoms with Crippen molar-refractivity contribution in [3.05, 3.63) is 45.6 Å². The molecule has 9 heteroatoms. The number of carbonyl (C=O) groups is 3. The van der Waals surface area contributed by atoms with Gasteiger partial charge in [-0.05, 0) is 37.1 Å². The first-order valence-corrected chi connectivity index (χ1v) is 9.17. The Kier molecular flexibility index (Phi) is 5.13. The highest BCUT2D eigenvalue weighted by Crippen LogP contribution is 2.34. The largest absolute Gasteiger partial charge is 0.478 e. The van der Waals surface area contributed by atoms with Crippen molar-refractivity contribution in [2.24, 2.45) is 0 Å². The van der Waals surface area contributed by atoms with Crippen molar-refractivity contribution >= 4 is 39.9 Å². The quantitative estimate of drug-likeness (QED) is 0.729. The zero-order valence-electron chi connectivity index (χ0n) is 14.8. The third-order valence-corrected chi connectivity index (χ3v) is 5.43. The minimum atomic E-state index is -1.14. The molecule has 0 unspecified atom stereocenters. The van der Waals surface area contributed by atoms with E-state index in [9.17, 15) is 23.9 Å². The molecule has 3 amide bonds. The average Bonchev–Trinajstić information content (AvgIpc) is 3.17. The summed E-state index contributed by atoms with van der Waals surface area (Å²) in [7, 11) is 0. The minimum Gasteiger partial charge on any atom is -0.478 e. The molecule has 3 rings (SSSR count). The van der Waals surface area contributed by atoms with Gasteiger partial charge < -0.3 is 15.7 Å². The van der Waals surface area contributed by atoms with Crippen molar-refractivity contribution in [3.8, 4) is 0 Å². The molecule has 1 fully saturated rings. The van der Waals surface area contributed by atoms with Crippen LogP contribution in [0.5, 0.6) is 0 Å². The van der Waals surface area contributed by atoms with E-state index < -0.39 is 17.7 Å². The third-order valence-electron chi connectivity index (χ3n) is 4.37. The molecule has 1 saturated heterocycles. The predicted octanol–water partition coefficient (Wildman–Crippen LogP) is 3.24. The molecule has 1 aliphatic heterocycles. The van der Waals surface area contributed by atoms with Crippen molar-refractivity contribution in [3.63, 3.8) is 0 Å². The van der Waals surface area contributed by atoms with Crippen LogP contribution in [0.15, 0.2) is 18.2 Å². The van der Waals surface area contributed by atoms with Gasteiger partial charge in [0.2, 0.25) is 0 Å². The van der Waals surface area contributed by atoms with E-state index in [4.69, 9.17) is 0 Å². The van der Waals surface area contributed by atoms with Crippen LogP contribution in [0.1, 0.15) is 38.1 Å². The molecule has 0 bridgehead atoms. The van der Waals surface area contributed by atoms with Gasteiger partial charge in [-0.2, -0.15) is 0 Å². The highest BCUT2D eigenvalue weighted by Gasteiger charge is 2.25. The molecule has 142 valence electrons. The van der Waals surface area contributed by atoms with Crippen LogP contribution < -0.4 is 15.5 Å². The van der Waals surface area contributed by atoms with Crippen molar-refractivity contribution < 1.29 is 23.9 Å². The normalized spacial score (nSPS) is 13.6. The molecule has 7 nitrogen and oxygen atoms in total. The van der Waals surface area contributed by atoms with Gasteiger partial charge >= 0.3 is 12.0 Å². The second-order valence-corrected chi connectivity index (χ2v) is 7.23. The molecule has 1 aromatic heterocycles. The van der Waals surface area contributed by atoms with Crippen molar-refractivity contribution in [1.29, 1.82) is 0 Å². The van der Waals surface area contributed by atoms with Gasteiger partial charge in [-0.15, -0.1) is 11.3 Å². The summed E-state index contributed by atoms with van der Waals surface area (Å²) in [6.07, 6.45) is 0.508. The smallest absolute Gasteiger partial charge is 0.339 e. The molecule has 27 heavy (non-hydrogen) atoms. The zero-order chi connectivity index (χ0) is 19.7. The van der Waals surface area contributed by atoms with E-state index in [1.807, 2.05) is 6.92 Å². The van der Waals surface area contributed by atoms with Crippen molar-refractivity contribution in [2.45, 2.75) is 20.3 Å². The third kappa shape index (κ3) is 3.50. The monoisotopic (exact) mass is 391 g/mol. The zero-order valence-corrected chi connectivity index (χ0v) is 15.6. The standard InChI is InChI=1S/C18H18FN3O4S/c1-3-11-9(2)27-16(14(11)17(24)25)21-15(23)12-8-10(4-5-13(12)19)22-7-6-20-18(22)26/h4-5,8H,3,6-7H2,1-2H3,(H,20,26)(H,21,23)(H,24,25). The van der Waals surface area contributed by atoms with Gasteiger partial charge in [0.15, 0.2) is 0 Å². The Morgan fingerprint density at radius 1 is 1.41 bits per heavy atom. The molecule has 0 saturated carbocycles. The number of amides is 3. The SMILES string of the molecule is CCc1c(C)sc(NC(=O)c2cc(N3CCNC3=O)ccc2F)c1C(=O)O. The summed E-state index contributed by atoms with van der Waals surface area (Å²) < 4.78 is 14.2. The number of hydrogen-bond donors (Lipinski definition) is 3. The van der Waals surface area contributed by atoms with Crippen LogP contribution in [0.2, 0.25) is 0 Å². The number of thiophene rings is 1. The van der Waals surface area contributed by atoms with E-state index in [1.165, 1.54) is 17.0 Å². The molecule has 0 radical (unpaired) electrons. The van der Waals surface area contributed by atoms with Crippen LogP contribution in [0.25, 0.3) is 0 Å². The van der Waals surface area contributed by atoms with E-state index in [0.717, 1.165) is 22.3 Å². The number of aromatic carboxylic acids is 1. The van der Waals surface area contributed by atoms with E-state index in [-0.39, 0.29) is 22.2 Å². The number of carbonyl (C=O) groups excluding carboxylic acids is 2. The first-order valence-electron chi connectivity index (χ1n) is 8.35. The summed E-state index contributed by atoms with van der Waals surface area (Å²) >= 11 is 1.14. The van der Waals surface area contributed by atoms with Gasteiger partial charge in [0.1, 0.15) is 10.8 Å². The maximum atomic E-state index is 14.2. The fourth-order valence-corrected chi connectivity index (χ4v) is 4.19. The van der Waals surface area contributed by atoms with Crippen LogP contribution in [0.4, 0.5) is 19.9 Å². The Labute approximate surface area is 158 Å². The van der Waals surface area contributed by atoms with E-state index >= 15 is 0 Å². The number of benzene rings is 1. The highest BCUT2D eigenvalue weighted by atomic mass is 32.1. The van der Waals surface area contributed by atoms with Crippen LogP contribution >= 0.6 is 11.3 Å². The topological polar surface area (TPSA) is 98.7 Å². The summed E-state index contributed by atoms with van der Waals surface area (Å²) in [5.74, 6) is -2.66. The molecule has 1 aromatic carbocycles. The van der Waals surface area contributed by atoms with Gasteiger partial charge in [-0.3, -0.25) is 9.69 Å². The van der Waals surface area contributed by atoms with Crippen LogP contribution in [0.3, 0.4) is 0 Å². The number of anilines is 2. The first kappa shape index (κ1) is 18.8. The van der Waals surface area contributed by atoms with Gasteiger partial charge in [0.05, 0.1) is 11.1 Å². The van der Waals surface area contributed by atoms with Gasteiger partial charge in [0, 0.05) is 23.7 Å². The maximum Gasteiger partial charge on any atom is 0.339 e. The molecule has 2 heterocycles. The second kappa shape index (κ2) is 7.36. The van der Waals surface area contributed by atoms with Crippen LogP contribution in [0, 0.1) is 12.7 Å². The second-order valence-electron chi connectivity index (χ2n) is 6.00. The fourth-order valence-electron chi connectivity index (χ4n) is 3.06. The minimum absolute atomic E-state index is 0.0313. The lowest BCUT2D eigenvalue weighted by atomic mass is 10.1. The van der Waals surface area contributed by atoms with E-state index in [1.54, 1.807) is 6.92 Å². The molecule has 0 spiro atoms. The van der Waals surface area contributed by atoms with E-state index in [0.29, 0.717) is 30.8 Å². The summed E-state index contributed by atoms with van der Waals surface area (Å²) in [5.41, 5.74) is 0.814. The Hall–Kier alpha value is -2.94. The number of nitrogens with zero attached hydrogens (tertiary/aromatic N) is 1. The number of carboxylic acids is 1. The molecule has 2 aromatic rings. The Morgan fingerprint density at radius 3 is 2.74 bits per heavy atom. The Morgan fingerprint density at radius 2 is 2.15 bits per heavy atom. The predicted molar refractivity (Wildman–Crippen MR) is 100 cm³/mol. The Balaban J connectivity index is 1.93. The number of nitrogens with one attached hydrogen (secondary N) is 2. The van der Waals surface area contributed by atoms with Crippen LogP contribution in [-0.2, 0) is 6.42 Å². The maximum absolute atomic E-state index is 14.2. The highest BCUT2D eigenvalue weighted by molar-refractivity contribution is 7.16. The molecular weight excluding hydrogens is 373 g/mol. The molecular formula is C18H18FN3O4S. The molecule has 0 aliphatic carbocycles. The number of urea groups is 1. The van der Waals surface area contributed by atoms with Crippen molar-refractivity contribution in [2.75, 3.05) is 23.3 Å². The lowest BCUT2D eigenvalue weighted by Crippen LogP contribution is -2.28.